The fourth-order valence-corrected chi connectivity index (χ4v) is 1.83. The lowest BCUT2D eigenvalue weighted by molar-refractivity contribution is -0.123. The third kappa shape index (κ3) is 2.27. The van der Waals surface area contributed by atoms with Crippen LogP contribution in [-0.2, 0) is 21.4 Å². The maximum atomic E-state index is 10.8. The first-order chi connectivity index (χ1) is 5.34. The van der Waals surface area contributed by atoms with Gasteiger partial charge in [0.2, 0.25) is 12.3 Å². The number of hydrogen-bond acceptors (Lipinski definition) is 3. The molecule has 1 atom stereocenters. The van der Waals surface area contributed by atoms with Gasteiger partial charge in [-0.15, -0.1) is 0 Å². The van der Waals surface area contributed by atoms with Crippen LogP contribution in [0.25, 0.3) is 0 Å². The van der Waals surface area contributed by atoms with Crippen molar-refractivity contribution < 1.29 is 14.5 Å². The zero-order valence-electron chi connectivity index (χ0n) is 7.09. The lowest BCUT2D eigenvalue weighted by Crippen LogP contribution is -2.28. The topological polar surface area (TPSA) is 60.9 Å². The van der Waals surface area contributed by atoms with E-state index >= 15 is 0 Å². The van der Waals surface area contributed by atoms with Crippen LogP contribution in [-0.4, -0.2) is 40.6 Å². The lowest BCUT2D eigenvalue weighted by atomic mass is 10.7. The summed E-state index contributed by atoms with van der Waals surface area (Å²) in [4.78, 5) is 30.6. The summed E-state index contributed by atoms with van der Waals surface area (Å²) in [6.45, 7) is -1.87. The minimum absolute atomic E-state index is 0.366. The molecular formula is C5H11N2O3PS. The van der Waals surface area contributed by atoms with Crippen molar-refractivity contribution in [3.05, 3.63) is 0 Å². The van der Waals surface area contributed by atoms with Gasteiger partial charge in [-0.2, -0.15) is 0 Å². The Morgan fingerprint density at radius 2 is 2.00 bits per heavy atom. The fraction of sp³-hybridized carbons (Fsp3) is 0.600. The minimum atomic E-state index is -3.15. The Kier molecular flexibility index (Phi) is 3.83. The summed E-state index contributed by atoms with van der Waals surface area (Å²) in [5, 5.41) is 0. The second kappa shape index (κ2) is 3.98. The van der Waals surface area contributed by atoms with Crippen LogP contribution in [0.1, 0.15) is 6.92 Å². The molecule has 1 unspecified atom stereocenters. The van der Waals surface area contributed by atoms with Crippen LogP contribution >= 0.6 is 6.57 Å². The molecule has 0 saturated heterocycles. The van der Waals surface area contributed by atoms with Crippen LogP contribution in [0.3, 0.4) is 0 Å². The van der Waals surface area contributed by atoms with Crippen molar-refractivity contribution in [2.24, 2.45) is 0 Å². The third-order valence-corrected chi connectivity index (χ3v) is 4.90. The minimum Gasteiger partial charge on any atom is -0.334 e. The zero-order chi connectivity index (χ0) is 9.94. The highest BCUT2D eigenvalue weighted by atomic mass is 32.5. The summed E-state index contributed by atoms with van der Waals surface area (Å²) in [7, 11) is 2.70. The van der Waals surface area contributed by atoms with E-state index in [1.165, 1.54) is 21.0 Å². The van der Waals surface area contributed by atoms with Gasteiger partial charge >= 0.3 is 0 Å². The van der Waals surface area contributed by atoms with E-state index in [0.29, 0.717) is 6.41 Å². The molecule has 0 aliphatic carbocycles. The van der Waals surface area contributed by atoms with Gasteiger partial charge in [-0.25, -0.2) is 0 Å². The summed E-state index contributed by atoms with van der Waals surface area (Å²) in [6, 6.07) is 0. The highest BCUT2D eigenvalue weighted by Crippen LogP contribution is 2.46. The van der Waals surface area contributed by atoms with Crippen LogP contribution in [0.5, 0.6) is 0 Å². The Morgan fingerprint density at radius 3 is 2.25 bits per heavy atom. The van der Waals surface area contributed by atoms with Crippen molar-refractivity contribution in [1.29, 1.82) is 0 Å². The first-order valence-corrected chi connectivity index (χ1v) is 5.76. The van der Waals surface area contributed by atoms with Gasteiger partial charge < -0.3 is 4.89 Å². The van der Waals surface area contributed by atoms with Gasteiger partial charge in [0.25, 0.3) is 6.57 Å². The Bertz CT molecular complexity index is 245. The first kappa shape index (κ1) is 11.6. The zero-order valence-corrected chi connectivity index (χ0v) is 8.80. The first-order valence-electron chi connectivity index (χ1n) is 3.10. The Labute approximate surface area is 76.2 Å². The van der Waals surface area contributed by atoms with E-state index in [1.54, 1.807) is 0 Å². The molecular weight excluding hydrogens is 199 g/mol. The number of carbonyl (C=O) groups excluding carboxylic acids is 2. The third-order valence-electron chi connectivity index (χ3n) is 1.41. The fourth-order valence-electron chi connectivity index (χ4n) is 0.456. The van der Waals surface area contributed by atoms with Crippen molar-refractivity contribution in [3.63, 3.8) is 0 Å². The predicted molar refractivity (Wildman–Crippen MR) is 48.8 cm³/mol. The summed E-state index contributed by atoms with van der Waals surface area (Å²) in [5.41, 5.74) is 0. The van der Waals surface area contributed by atoms with Crippen molar-refractivity contribution in [1.82, 2.24) is 9.34 Å². The largest absolute Gasteiger partial charge is 0.334 e. The molecule has 5 nitrogen and oxygen atoms in total. The van der Waals surface area contributed by atoms with Gasteiger partial charge in [0.1, 0.15) is 0 Å². The van der Waals surface area contributed by atoms with Gasteiger partial charge in [0.05, 0.1) is 0 Å². The molecule has 12 heavy (non-hydrogen) atoms. The molecule has 7 heteroatoms. The van der Waals surface area contributed by atoms with Crippen molar-refractivity contribution in [2.75, 3.05) is 14.1 Å². The number of hydrogen-bond donors (Lipinski definition) is 1. The summed E-state index contributed by atoms with van der Waals surface area (Å²) in [6.07, 6.45) is 0.403. The second-order valence-electron chi connectivity index (χ2n) is 2.23. The molecule has 0 fully saturated rings. The number of rotatable bonds is 3. The van der Waals surface area contributed by atoms with Gasteiger partial charge in [-0.3, -0.25) is 18.9 Å². The molecule has 0 heterocycles. The van der Waals surface area contributed by atoms with Crippen LogP contribution in [0.15, 0.2) is 0 Å². The monoisotopic (exact) mass is 210 g/mol. The van der Waals surface area contributed by atoms with Gasteiger partial charge in [-0.05, 0) is 11.8 Å². The van der Waals surface area contributed by atoms with Crippen LogP contribution < -0.4 is 0 Å². The average Bonchev–Trinajstić information content (AvgIpc) is 2.01. The van der Waals surface area contributed by atoms with Crippen molar-refractivity contribution >= 4 is 30.7 Å². The summed E-state index contributed by atoms with van der Waals surface area (Å²) in [5.74, 6) is -0.366. The van der Waals surface area contributed by atoms with Crippen LogP contribution in [0.2, 0.25) is 0 Å². The number of nitrogens with zero attached hydrogens (tertiary/aromatic N) is 2. The Balaban J connectivity index is 4.72. The molecule has 0 spiro atoms. The maximum absolute atomic E-state index is 10.8. The molecule has 2 amide bonds. The Morgan fingerprint density at radius 1 is 1.58 bits per heavy atom. The second-order valence-corrected chi connectivity index (χ2v) is 5.96. The molecule has 0 bridgehead atoms. The van der Waals surface area contributed by atoms with Crippen LogP contribution in [0.4, 0.5) is 0 Å². The highest BCUT2D eigenvalue weighted by Gasteiger charge is 2.25. The SMILES string of the molecule is CC(=O)N(C)P(O)(=S)N(C)C=O. The standard InChI is InChI=1S/C5H11N2O3PS/c1-5(9)7(3)11(10,12)6(2)4-8/h4H,1-3H3,(H,10,12). The van der Waals surface area contributed by atoms with E-state index in [1.807, 2.05) is 0 Å². The quantitative estimate of drug-likeness (QED) is 0.516. The van der Waals surface area contributed by atoms with Crippen LogP contribution in [0, 0.1) is 0 Å². The highest BCUT2D eigenvalue weighted by molar-refractivity contribution is 8.09. The Hall–Kier alpha value is -0.450. The molecule has 0 saturated carbocycles. The van der Waals surface area contributed by atoms with Gasteiger partial charge in [0, 0.05) is 21.0 Å². The molecule has 1 N–H and O–H groups in total. The normalized spacial score (nSPS) is 14.7. The van der Waals surface area contributed by atoms with E-state index in [4.69, 9.17) is 11.8 Å². The van der Waals surface area contributed by atoms with E-state index < -0.39 is 6.57 Å². The van der Waals surface area contributed by atoms with E-state index in [-0.39, 0.29) is 5.91 Å². The summed E-state index contributed by atoms with van der Waals surface area (Å²) < 4.78 is 1.93. The van der Waals surface area contributed by atoms with E-state index in [2.05, 4.69) is 0 Å². The molecule has 0 radical (unpaired) electrons. The summed E-state index contributed by atoms with van der Waals surface area (Å²) >= 11 is 4.73. The lowest BCUT2D eigenvalue weighted by Gasteiger charge is -2.30. The smallest absolute Gasteiger partial charge is 0.255 e. The molecule has 0 aromatic rings. The molecule has 0 aliphatic heterocycles. The van der Waals surface area contributed by atoms with E-state index in [0.717, 1.165) is 9.34 Å². The van der Waals surface area contributed by atoms with Crippen molar-refractivity contribution in [2.45, 2.75) is 6.92 Å². The average molecular weight is 210 g/mol. The number of carbonyl (C=O) groups is 2. The van der Waals surface area contributed by atoms with Gasteiger partial charge in [0.15, 0.2) is 0 Å². The maximum Gasteiger partial charge on any atom is 0.255 e. The molecule has 0 aromatic heterocycles. The van der Waals surface area contributed by atoms with Crippen molar-refractivity contribution in [3.8, 4) is 0 Å². The molecule has 0 aliphatic rings. The molecule has 70 valence electrons. The molecule has 0 rings (SSSR count). The predicted octanol–water partition coefficient (Wildman–Crippen LogP) is -0.230. The number of amides is 2. The van der Waals surface area contributed by atoms with Gasteiger partial charge in [-0.1, -0.05) is 0 Å². The molecule has 0 aromatic carbocycles. The van der Waals surface area contributed by atoms with E-state index in [9.17, 15) is 14.5 Å².